The van der Waals surface area contributed by atoms with E-state index < -0.39 is 0 Å². The fourth-order valence-electron chi connectivity index (χ4n) is 1.08. The van der Waals surface area contributed by atoms with Gasteiger partial charge in [0, 0.05) is 6.42 Å². The van der Waals surface area contributed by atoms with Crippen LogP contribution >= 0.6 is 11.6 Å². The van der Waals surface area contributed by atoms with Gasteiger partial charge in [-0.2, -0.15) is 9.97 Å². The van der Waals surface area contributed by atoms with Crippen molar-refractivity contribution in [2.75, 3.05) is 5.73 Å². The van der Waals surface area contributed by atoms with Crippen LogP contribution in [0.5, 0.6) is 0 Å². The molecule has 0 aliphatic heterocycles. The molecule has 2 N–H and O–H groups in total. The number of aromatic nitrogens is 3. The monoisotopic (exact) mass is 228 g/mol. The third-order valence-electron chi connectivity index (χ3n) is 2.64. The van der Waals surface area contributed by atoms with Crippen molar-refractivity contribution in [1.82, 2.24) is 15.0 Å². The van der Waals surface area contributed by atoms with Crippen LogP contribution in [0.3, 0.4) is 0 Å². The maximum atomic E-state index is 5.71. The van der Waals surface area contributed by atoms with E-state index in [1.165, 1.54) is 0 Å². The van der Waals surface area contributed by atoms with E-state index in [4.69, 9.17) is 17.3 Å². The van der Waals surface area contributed by atoms with Crippen molar-refractivity contribution in [3.8, 4) is 0 Å². The molecule has 4 nitrogen and oxygen atoms in total. The first-order chi connectivity index (χ1) is 6.79. The molecule has 0 aliphatic carbocycles. The molecule has 0 aliphatic rings. The third-order valence-corrected chi connectivity index (χ3v) is 2.81. The van der Waals surface area contributed by atoms with Crippen molar-refractivity contribution in [3.05, 3.63) is 11.1 Å². The van der Waals surface area contributed by atoms with Gasteiger partial charge in [0.15, 0.2) is 0 Å². The van der Waals surface area contributed by atoms with Crippen LogP contribution in [0.15, 0.2) is 0 Å². The molecule has 84 valence electrons. The van der Waals surface area contributed by atoms with E-state index >= 15 is 0 Å². The highest BCUT2D eigenvalue weighted by Crippen LogP contribution is 2.27. The van der Waals surface area contributed by atoms with Crippen molar-refractivity contribution >= 4 is 17.5 Å². The van der Waals surface area contributed by atoms with Crippen molar-refractivity contribution in [2.45, 2.75) is 34.1 Å². The molecule has 0 fully saturated rings. The predicted molar refractivity (Wildman–Crippen MR) is 61.6 cm³/mol. The lowest BCUT2D eigenvalue weighted by atomic mass is 9.80. The second-order valence-electron chi connectivity index (χ2n) is 4.85. The van der Waals surface area contributed by atoms with E-state index in [1.807, 2.05) is 0 Å². The zero-order valence-corrected chi connectivity index (χ0v) is 10.3. The summed E-state index contributed by atoms with van der Waals surface area (Å²) in [4.78, 5) is 11.8. The van der Waals surface area contributed by atoms with Gasteiger partial charge in [0.1, 0.15) is 5.82 Å². The maximum Gasteiger partial charge on any atom is 0.227 e. The summed E-state index contributed by atoms with van der Waals surface area (Å²) < 4.78 is 0. The molecule has 1 aromatic rings. The minimum Gasteiger partial charge on any atom is -0.368 e. The molecule has 0 aromatic carbocycles. The number of rotatable bonds is 2. The largest absolute Gasteiger partial charge is 0.368 e. The highest BCUT2D eigenvalue weighted by Gasteiger charge is 2.21. The van der Waals surface area contributed by atoms with Crippen LogP contribution in [-0.4, -0.2) is 15.0 Å². The first kappa shape index (κ1) is 12.2. The van der Waals surface area contributed by atoms with Crippen LogP contribution in [0, 0.1) is 11.3 Å². The molecular formula is C10H17ClN4. The van der Waals surface area contributed by atoms with E-state index in [2.05, 4.69) is 42.6 Å². The molecule has 5 heteroatoms. The van der Waals surface area contributed by atoms with Gasteiger partial charge < -0.3 is 5.73 Å². The molecule has 15 heavy (non-hydrogen) atoms. The molecular weight excluding hydrogens is 212 g/mol. The van der Waals surface area contributed by atoms with Crippen LogP contribution in [0.2, 0.25) is 5.28 Å². The summed E-state index contributed by atoms with van der Waals surface area (Å²) in [7, 11) is 0. The topological polar surface area (TPSA) is 64.7 Å². The van der Waals surface area contributed by atoms with Gasteiger partial charge in [-0.1, -0.05) is 27.7 Å². The number of nitrogen functional groups attached to an aromatic ring is 1. The second-order valence-corrected chi connectivity index (χ2v) is 5.19. The molecule has 0 bridgehead atoms. The van der Waals surface area contributed by atoms with E-state index in [9.17, 15) is 0 Å². The van der Waals surface area contributed by atoms with Crippen LogP contribution in [0.1, 0.15) is 33.5 Å². The lowest BCUT2D eigenvalue weighted by molar-refractivity contribution is 0.256. The summed E-state index contributed by atoms with van der Waals surface area (Å²) in [6.45, 7) is 8.71. The average Bonchev–Trinajstić information content (AvgIpc) is 1.99. The SMILES string of the molecule is CC(Cc1nc(N)nc(Cl)n1)C(C)(C)C. The van der Waals surface area contributed by atoms with Gasteiger partial charge in [0.25, 0.3) is 0 Å². The summed E-state index contributed by atoms with van der Waals surface area (Å²) in [5, 5.41) is 0.165. The second kappa shape index (κ2) is 4.31. The molecule has 0 saturated heterocycles. The maximum absolute atomic E-state index is 5.71. The summed E-state index contributed by atoms with van der Waals surface area (Å²) in [5.74, 6) is 1.30. The lowest BCUT2D eigenvalue weighted by Gasteiger charge is -2.26. The number of hydrogen-bond donors (Lipinski definition) is 1. The van der Waals surface area contributed by atoms with Gasteiger partial charge in [-0.25, -0.2) is 4.98 Å². The smallest absolute Gasteiger partial charge is 0.227 e. The molecule has 1 aromatic heterocycles. The van der Waals surface area contributed by atoms with Gasteiger partial charge in [-0.15, -0.1) is 0 Å². The number of halogens is 1. The summed E-state index contributed by atoms with van der Waals surface area (Å²) in [5.41, 5.74) is 5.71. The normalized spacial score (nSPS) is 13.9. The quantitative estimate of drug-likeness (QED) is 0.844. The standard InChI is InChI=1S/C10H17ClN4/c1-6(10(2,3)4)5-7-13-8(11)15-9(12)14-7/h6H,5H2,1-4H3,(H2,12,13,14,15). The summed E-state index contributed by atoms with van der Waals surface area (Å²) in [6, 6.07) is 0. The number of nitrogens with two attached hydrogens (primary N) is 1. The Bertz CT molecular complexity index is 326. The van der Waals surface area contributed by atoms with Crippen LogP contribution in [-0.2, 0) is 6.42 Å². The first-order valence-electron chi connectivity index (χ1n) is 4.95. The molecule has 0 amide bonds. The third kappa shape index (κ3) is 3.63. The van der Waals surface area contributed by atoms with Crippen molar-refractivity contribution in [1.29, 1.82) is 0 Å². The number of nitrogens with zero attached hydrogens (tertiary/aromatic N) is 3. The predicted octanol–water partition coefficient (Wildman–Crippen LogP) is 2.33. The van der Waals surface area contributed by atoms with Crippen LogP contribution < -0.4 is 5.73 Å². The van der Waals surface area contributed by atoms with E-state index in [1.54, 1.807) is 0 Å². The van der Waals surface area contributed by atoms with Crippen molar-refractivity contribution in [2.24, 2.45) is 11.3 Å². The Morgan fingerprint density at radius 1 is 1.27 bits per heavy atom. The Labute approximate surface area is 95.3 Å². The highest BCUT2D eigenvalue weighted by atomic mass is 35.5. The molecule has 1 rings (SSSR count). The Morgan fingerprint density at radius 3 is 2.33 bits per heavy atom. The lowest BCUT2D eigenvalue weighted by Crippen LogP contribution is -2.21. The van der Waals surface area contributed by atoms with Crippen LogP contribution in [0.25, 0.3) is 0 Å². The van der Waals surface area contributed by atoms with Crippen molar-refractivity contribution < 1.29 is 0 Å². The molecule has 1 atom stereocenters. The fraction of sp³-hybridized carbons (Fsp3) is 0.700. The number of hydrogen-bond acceptors (Lipinski definition) is 4. The minimum atomic E-state index is 0.165. The van der Waals surface area contributed by atoms with Crippen LogP contribution in [0.4, 0.5) is 5.95 Å². The minimum absolute atomic E-state index is 0.165. The zero-order chi connectivity index (χ0) is 11.6. The number of anilines is 1. The summed E-state index contributed by atoms with van der Waals surface area (Å²) in [6.07, 6.45) is 0.760. The van der Waals surface area contributed by atoms with E-state index in [0.717, 1.165) is 6.42 Å². The Balaban J connectivity index is 2.81. The molecule has 0 spiro atoms. The Morgan fingerprint density at radius 2 is 1.87 bits per heavy atom. The molecule has 0 saturated carbocycles. The van der Waals surface area contributed by atoms with Gasteiger partial charge in [-0.05, 0) is 22.9 Å². The molecule has 1 unspecified atom stereocenters. The van der Waals surface area contributed by atoms with E-state index in [-0.39, 0.29) is 16.6 Å². The van der Waals surface area contributed by atoms with Crippen molar-refractivity contribution in [3.63, 3.8) is 0 Å². The van der Waals surface area contributed by atoms with Gasteiger partial charge in [0.05, 0.1) is 0 Å². The average molecular weight is 229 g/mol. The molecule has 0 radical (unpaired) electrons. The van der Waals surface area contributed by atoms with E-state index in [0.29, 0.717) is 11.7 Å². The molecule has 1 heterocycles. The fourth-order valence-corrected chi connectivity index (χ4v) is 1.26. The Kier molecular flexibility index (Phi) is 3.50. The zero-order valence-electron chi connectivity index (χ0n) is 9.58. The first-order valence-corrected chi connectivity index (χ1v) is 5.33. The highest BCUT2D eigenvalue weighted by molar-refractivity contribution is 6.28. The summed E-state index contributed by atoms with van der Waals surface area (Å²) >= 11 is 5.71. The van der Waals surface area contributed by atoms with Gasteiger partial charge in [0.2, 0.25) is 11.2 Å². The van der Waals surface area contributed by atoms with Gasteiger partial charge >= 0.3 is 0 Å². The Hall–Kier alpha value is -0.900. The van der Waals surface area contributed by atoms with Gasteiger partial charge in [-0.3, -0.25) is 0 Å².